The molecule has 17 heavy (non-hydrogen) atoms. The number of rotatable bonds is 1. The maximum absolute atomic E-state index is 12.1. The van der Waals surface area contributed by atoms with Gasteiger partial charge in [0.1, 0.15) is 18.3 Å². The van der Waals surface area contributed by atoms with Gasteiger partial charge in [-0.2, -0.15) is 0 Å². The Hall–Kier alpha value is -0.690. The average molecular weight is 245 g/mol. The largest absolute Gasteiger partial charge is 0.388 e. The van der Waals surface area contributed by atoms with E-state index in [0.29, 0.717) is 13.1 Å². The summed E-state index contributed by atoms with van der Waals surface area (Å²) in [7, 11) is 0. The molecule has 0 spiro atoms. The van der Waals surface area contributed by atoms with Gasteiger partial charge in [0.05, 0.1) is 6.61 Å². The van der Waals surface area contributed by atoms with Gasteiger partial charge in [0.15, 0.2) is 6.10 Å². The van der Waals surface area contributed by atoms with Crippen LogP contribution in [0.1, 0.15) is 19.3 Å². The molecule has 2 saturated heterocycles. The molecule has 0 unspecified atom stereocenters. The van der Waals surface area contributed by atoms with Crippen LogP contribution in [0.5, 0.6) is 0 Å². The molecule has 2 fully saturated rings. The number of carbonyl (C=O) groups excluding carboxylic acids is 1. The van der Waals surface area contributed by atoms with E-state index < -0.39 is 24.4 Å². The molecule has 2 aliphatic heterocycles. The Morgan fingerprint density at radius 2 is 1.71 bits per heavy atom. The minimum Gasteiger partial charge on any atom is -0.388 e. The molecule has 0 saturated carbocycles. The normalized spacial score (nSPS) is 39.1. The summed E-state index contributed by atoms with van der Waals surface area (Å²) in [6.07, 6.45) is -1.82. The lowest BCUT2D eigenvalue weighted by atomic mass is 9.98. The lowest BCUT2D eigenvalue weighted by Crippen LogP contribution is -2.58. The molecule has 0 bridgehead atoms. The van der Waals surface area contributed by atoms with Gasteiger partial charge in [-0.15, -0.1) is 0 Å². The fourth-order valence-electron chi connectivity index (χ4n) is 2.32. The highest BCUT2D eigenvalue weighted by Gasteiger charge is 2.42. The first-order chi connectivity index (χ1) is 8.11. The molecule has 0 aromatic rings. The maximum atomic E-state index is 12.1. The minimum absolute atomic E-state index is 0.123. The quantitative estimate of drug-likeness (QED) is 0.522. The molecule has 2 aliphatic rings. The molecule has 3 N–H and O–H groups in total. The first-order valence-corrected chi connectivity index (χ1v) is 6.06. The fourth-order valence-corrected chi connectivity index (χ4v) is 2.32. The third-order valence-corrected chi connectivity index (χ3v) is 3.41. The van der Waals surface area contributed by atoms with Gasteiger partial charge in [0.25, 0.3) is 5.91 Å². The summed E-state index contributed by atoms with van der Waals surface area (Å²) in [5, 5.41) is 28.5. The first kappa shape index (κ1) is 12.8. The van der Waals surface area contributed by atoms with Gasteiger partial charge in [0, 0.05) is 13.1 Å². The minimum atomic E-state index is -1.35. The number of likely N-dealkylation sites (tertiary alicyclic amines) is 1. The van der Waals surface area contributed by atoms with Crippen molar-refractivity contribution in [3.05, 3.63) is 0 Å². The Morgan fingerprint density at radius 3 is 2.35 bits per heavy atom. The van der Waals surface area contributed by atoms with E-state index in [-0.39, 0.29) is 12.5 Å². The van der Waals surface area contributed by atoms with E-state index in [0.717, 1.165) is 19.3 Å². The Balaban J connectivity index is 1.98. The standard InChI is InChI=1S/C11H19NO5/c13-7-6-17-10(9(15)8(7)14)11(16)12-4-2-1-3-5-12/h7-10,13-15H,1-6H2/t7-,8+,9+,10+/m1/s1. The van der Waals surface area contributed by atoms with Crippen molar-refractivity contribution >= 4 is 5.91 Å². The third-order valence-electron chi connectivity index (χ3n) is 3.41. The molecule has 98 valence electrons. The molecule has 4 atom stereocenters. The number of piperidine rings is 1. The smallest absolute Gasteiger partial charge is 0.254 e. The van der Waals surface area contributed by atoms with Crippen molar-refractivity contribution in [3.8, 4) is 0 Å². The monoisotopic (exact) mass is 245 g/mol. The van der Waals surface area contributed by atoms with Crippen LogP contribution in [0.25, 0.3) is 0 Å². The van der Waals surface area contributed by atoms with Gasteiger partial charge in [-0.05, 0) is 19.3 Å². The van der Waals surface area contributed by atoms with Crippen LogP contribution in [0, 0.1) is 0 Å². The summed E-state index contributed by atoms with van der Waals surface area (Å²) in [5.74, 6) is -0.289. The van der Waals surface area contributed by atoms with Crippen molar-refractivity contribution in [2.75, 3.05) is 19.7 Å². The third kappa shape index (κ3) is 2.60. The summed E-state index contributed by atoms with van der Waals surface area (Å²) in [4.78, 5) is 13.7. The number of hydrogen-bond acceptors (Lipinski definition) is 5. The highest BCUT2D eigenvalue weighted by molar-refractivity contribution is 5.82. The SMILES string of the molecule is O=C([C@H]1OC[C@@H](O)[C@H](O)[C@@H]1O)N1CCCCC1. The van der Waals surface area contributed by atoms with Gasteiger partial charge in [0.2, 0.25) is 0 Å². The van der Waals surface area contributed by atoms with Crippen LogP contribution in [0.4, 0.5) is 0 Å². The van der Waals surface area contributed by atoms with Crippen molar-refractivity contribution < 1.29 is 24.9 Å². The van der Waals surface area contributed by atoms with E-state index in [1.807, 2.05) is 0 Å². The van der Waals surface area contributed by atoms with E-state index in [1.165, 1.54) is 0 Å². The van der Waals surface area contributed by atoms with Crippen LogP contribution in [0.3, 0.4) is 0 Å². The predicted molar refractivity (Wildman–Crippen MR) is 58.2 cm³/mol. The predicted octanol–water partition coefficient (Wildman–Crippen LogP) is -1.52. The Kier molecular flexibility index (Phi) is 3.98. The Morgan fingerprint density at radius 1 is 1.06 bits per heavy atom. The molecule has 2 heterocycles. The second kappa shape index (κ2) is 5.30. The lowest BCUT2D eigenvalue weighted by molar-refractivity contribution is -0.198. The first-order valence-electron chi connectivity index (χ1n) is 6.06. The second-order valence-corrected chi connectivity index (χ2v) is 4.69. The second-order valence-electron chi connectivity index (χ2n) is 4.69. The Labute approximate surface area is 99.8 Å². The maximum Gasteiger partial charge on any atom is 0.254 e. The Bertz CT molecular complexity index is 279. The van der Waals surface area contributed by atoms with Crippen molar-refractivity contribution in [1.82, 2.24) is 4.90 Å². The fraction of sp³-hybridized carbons (Fsp3) is 0.909. The van der Waals surface area contributed by atoms with Crippen LogP contribution in [-0.4, -0.2) is 70.2 Å². The van der Waals surface area contributed by atoms with Gasteiger partial charge >= 0.3 is 0 Å². The van der Waals surface area contributed by atoms with E-state index >= 15 is 0 Å². The number of ether oxygens (including phenoxy) is 1. The highest BCUT2D eigenvalue weighted by Crippen LogP contribution is 2.19. The molecule has 6 heteroatoms. The van der Waals surface area contributed by atoms with E-state index in [4.69, 9.17) is 4.74 Å². The van der Waals surface area contributed by atoms with Crippen molar-refractivity contribution in [3.63, 3.8) is 0 Å². The lowest BCUT2D eigenvalue weighted by Gasteiger charge is -2.37. The van der Waals surface area contributed by atoms with Crippen LogP contribution >= 0.6 is 0 Å². The molecule has 0 aliphatic carbocycles. The van der Waals surface area contributed by atoms with Crippen molar-refractivity contribution in [2.24, 2.45) is 0 Å². The van der Waals surface area contributed by atoms with Crippen LogP contribution in [0.15, 0.2) is 0 Å². The summed E-state index contributed by atoms with van der Waals surface area (Å²) < 4.78 is 5.14. The topological polar surface area (TPSA) is 90.2 Å². The number of hydrogen-bond donors (Lipinski definition) is 3. The van der Waals surface area contributed by atoms with Gasteiger partial charge in [-0.3, -0.25) is 4.79 Å². The molecule has 6 nitrogen and oxygen atoms in total. The summed E-state index contributed by atoms with van der Waals surface area (Å²) in [6.45, 7) is 1.22. The van der Waals surface area contributed by atoms with E-state index in [2.05, 4.69) is 0 Å². The van der Waals surface area contributed by atoms with Crippen molar-refractivity contribution in [2.45, 2.75) is 43.7 Å². The molecular weight excluding hydrogens is 226 g/mol. The molecule has 1 amide bonds. The number of aliphatic hydroxyl groups is 3. The van der Waals surface area contributed by atoms with E-state index in [9.17, 15) is 20.1 Å². The molecule has 2 rings (SSSR count). The average Bonchev–Trinajstić information content (AvgIpc) is 2.36. The van der Waals surface area contributed by atoms with Gasteiger partial charge in [-0.25, -0.2) is 0 Å². The molecule has 0 aromatic carbocycles. The molecule has 0 radical (unpaired) electrons. The number of aliphatic hydroxyl groups excluding tert-OH is 3. The zero-order chi connectivity index (χ0) is 12.4. The van der Waals surface area contributed by atoms with Gasteiger partial charge in [-0.1, -0.05) is 0 Å². The van der Waals surface area contributed by atoms with Crippen molar-refractivity contribution in [1.29, 1.82) is 0 Å². The zero-order valence-electron chi connectivity index (χ0n) is 9.66. The van der Waals surface area contributed by atoms with Crippen LogP contribution < -0.4 is 0 Å². The number of nitrogens with zero attached hydrogens (tertiary/aromatic N) is 1. The molecule has 0 aromatic heterocycles. The highest BCUT2D eigenvalue weighted by atomic mass is 16.5. The molecular formula is C11H19NO5. The number of amides is 1. The summed E-state index contributed by atoms with van der Waals surface area (Å²) in [6, 6.07) is 0. The van der Waals surface area contributed by atoms with Crippen LogP contribution in [-0.2, 0) is 9.53 Å². The summed E-state index contributed by atoms with van der Waals surface area (Å²) in [5.41, 5.74) is 0. The van der Waals surface area contributed by atoms with Crippen LogP contribution in [0.2, 0.25) is 0 Å². The van der Waals surface area contributed by atoms with Gasteiger partial charge < -0.3 is 25.0 Å². The van der Waals surface area contributed by atoms with E-state index in [1.54, 1.807) is 4.90 Å². The summed E-state index contributed by atoms with van der Waals surface area (Å²) >= 11 is 0. The zero-order valence-corrected chi connectivity index (χ0v) is 9.66. The number of carbonyl (C=O) groups is 1.